The minimum Gasteiger partial charge on any atom is -0.347 e. The zero-order valence-corrected chi connectivity index (χ0v) is 15.3. The fraction of sp³-hybridized carbons (Fsp3) is 0.222. The normalized spacial score (nSPS) is 11.0. The first kappa shape index (κ1) is 16.8. The predicted octanol–water partition coefficient (Wildman–Crippen LogP) is 2.45. The summed E-state index contributed by atoms with van der Waals surface area (Å²) in [6.07, 6.45) is 0. The molecule has 0 unspecified atom stereocenters. The summed E-state index contributed by atoms with van der Waals surface area (Å²) in [6.45, 7) is 1.51. The Morgan fingerprint density at radius 3 is 2.54 bits per heavy atom. The highest BCUT2D eigenvalue weighted by Crippen LogP contribution is 2.25. The molecule has 1 aromatic carbocycles. The molecule has 2 N–H and O–H groups in total. The van der Waals surface area contributed by atoms with Crippen LogP contribution in [0.15, 0.2) is 46.5 Å². The number of nitrogens with one attached hydrogen (secondary N) is 2. The summed E-state index contributed by atoms with van der Waals surface area (Å²) in [5.41, 5.74) is 3.94. The van der Waals surface area contributed by atoms with Gasteiger partial charge in [-0.2, -0.15) is 11.3 Å². The highest BCUT2D eigenvalue weighted by atomic mass is 32.1. The first-order valence-electron chi connectivity index (χ1n) is 7.75. The van der Waals surface area contributed by atoms with Crippen molar-refractivity contribution >= 4 is 28.6 Å². The van der Waals surface area contributed by atoms with Gasteiger partial charge in [-0.15, -0.1) is 11.3 Å². The number of carbonyl (C=O) groups is 1. The standard InChI is InChI=1S/C18H19N3OS2/c1-21(2)10-14-5-3-13(4-6-14)9-19-17(22)16-12-24-18(20-16)15-7-8-23-11-15/h3-8,11-12H,9-10H2,1-2H3,(H,19,22)/p+1. The van der Waals surface area contributed by atoms with Gasteiger partial charge in [0.25, 0.3) is 5.91 Å². The Morgan fingerprint density at radius 2 is 1.88 bits per heavy atom. The van der Waals surface area contributed by atoms with Crippen LogP contribution in [-0.4, -0.2) is 25.0 Å². The van der Waals surface area contributed by atoms with Gasteiger partial charge in [0.1, 0.15) is 17.2 Å². The van der Waals surface area contributed by atoms with Gasteiger partial charge in [0.2, 0.25) is 0 Å². The van der Waals surface area contributed by atoms with Crippen LogP contribution in [-0.2, 0) is 13.1 Å². The molecule has 0 spiro atoms. The molecule has 0 aliphatic heterocycles. The lowest BCUT2D eigenvalue weighted by Crippen LogP contribution is -3.04. The molecule has 2 aromatic heterocycles. The Kier molecular flexibility index (Phi) is 5.40. The van der Waals surface area contributed by atoms with Gasteiger partial charge in [0.05, 0.1) is 14.1 Å². The second kappa shape index (κ2) is 7.70. The summed E-state index contributed by atoms with van der Waals surface area (Å²) >= 11 is 3.13. The van der Waals surface area contributed by atoms with Crippen LogP contribution < -0.4 is 10.2 Å². The van der Waals surface area contributed by atoms with Crippen molar-refractivity contribution < 1.29 is 9.69 Å². The van der Waals surface area contributed by atoms with E-state index >= 15 is 0 Å². The van der Waals surface area contributed by atoms with Crippen LogP contribution in [0.25, 0.3) is 10.6 Å². The van der Waals surface area contributed by atoms with Gasteiger partial charge in [-0.25, -0.2) is 4.98 Å². The van der Waals surface area contributed by atoms with Crippen LogP contribution in [0.3, 0.4) is 0 Å². The summed E-state index contributed by atoms with van der Waals surface area (Å²) in [5, 5.41) is 9.68. The predicted molar refractivity (Wildman–Crippen MR) is 99.6 cm³/mol. The highest BCUT2D eigenvalue weighted by molar-refractivity contribution is 7.14. The average molecular weight is 359 g/mol. The highest BCUT2D eigenvalue weighted by Gasteiger charge is 2.12. The van der Waals surface area contributed by atoms with E-state index in [2.05, 4.69) is 48.7 Å². The Balaban J connectivity index is 1.57. The number of hydrogen-bond acceptors (Lipinski definition) is 4. The van der Waals surface area contributed by atoms with Crippen LogP contribution in [0.2, 0.25) is 0 Å². The number of thiophene rings is 1. The van der Waals surface area contributed by atoms with E-state index in [1.165, 1.54) is 21.8 Å². The molecule has 0 aliphatic rings. The van der Waals surface area contributed by atoms with Crippen molar-refractivity contribution in [2.45, 2.75) is 13.1 Å². The largest absolute Gasteiger partial charge is 0.347 e. The van der Waals surface area contributed by atoms with Crippen molar-refractivity contribution in [1.82, 2.24) is 10.3 Å². The Labute approximate surface area is 149 Å². The topological polar surface area (TPSA) is 46.4 Å². The molecule has 124 valence electrons. The molecule has 0 saturated heterocycles. The van der Waals surface area contributed by atoms with Gasteiger partial charge in [0.15, 0.2) is 0 Å². The van der Waals surface area contributed by atoms with Crippen LogP contribution in [0.4, 0.5) is 0 Å². The van der Waals surface area contributed by atoms with E-state index in [1.807, 2.05) is 22.2 Å². The number of quaternary nitrogens is 1. The SMILES string of the molecule is C[NH+](C)Cc1ccc(CNC(=O)c2csc(-c3ccsc3)n2)cc1. The number of amides is 1. The van der Waals surface area contributed by atoms with E-state index in [0.29, 0.717) is 12.2 Å². The number of hydrogen-bond donors (Lipinski definition) is 2. The van der Waals surface area contributed by atoms with Crippen molar-refractivity contribution in [3.8, 4) is 10.6 Å². The second-order valence-corrected chi connectivity index (χ2v) is 7.57. The van der Waals surface area contributed by atoms with E-state index in [1.54, 1.807) is 11.3 Å². The van der Waals surface area contributed by atoms with E-state index in [0.717, 1.165) is 22.7 Å². The maximum Gasteiger partial charge on any atom is 0.271 e. The van der Waals surface area contributed by atoms with Gasteiger partial charge >= 0.3 is 0 Å². The van der Waals surface area contributed by atoms with Crippen LogP contribution >= 0.6 is 22.7 Å². The van der Waals surface area contributed by atoms with E-state index in [4.69, 9.17) is 0 Å². The molecule has 3 aromatic rings. The Morgan fingerprint density at radius 1 is 1.12 bits per heavy atom. The number of benzene rings is 1. The molecule has 0 fully saturated rings. The lowest BCUT2D eigenvalue weighted by molar-refractivity contribution is -0.872. The van der Waals surface area contributed by atoms with E-state index in [-0.39, 0.29) is 5.91 Å². The van der Waals surface area contributed by atoms with Crippen molar-refractivity contribution in [3.63, 3.8) is 0 Å². The zero-order chi connectivity index (χ0) is 16.9. The van der Waals surface area contributed by atoms with Gasteiger partial charge in [-0.05, 0) is 17.0 Å². The minimum atomic E-state index is -0.130. The molecule has 6 heteroatoms. The van der Waals surface area contributed by atoms with Crippen molar-refractivity contribution in [3.05, 3.63) is 63.3 Å². The van der Waals surface area contributed by atoms with Crippen LogP contribution in [0, 0.1) is 0 Å². The van der Waals surface area contributed by atoms with Gasteiger partial charge in [-0.3, -0.25) is 4.79 Å². The molecule has 4 nitrogen and oxygen atoms in total. The summed E-state index contributed by atoms with van der Waals surface area (Å²) < 4.78 is 0. The fourth-order valence-corrected chi connectivity index (χ4v) is 3.87. The molecular formula is C18H20N3OS2+. The van der Waals surface area contributed by atoms with Gasteiger partial charge in [0, 0.05) is 28.4 Å². The van der Waals surface area contributed by atoms with Crippen molar-refractivity contribution in [2.75, 3.05) is 14.1 Å². The molecule has 0 saturated carbocycles. The molecule has 3 rings (SSSR count). The summed E-state index contributed by atoms with van der Waals surface area (Å²) in [6, 6.07) is 10.4. The van der Waals surface area contributed by atoms with Crippen molar-refractivity contribution in [2.24, 2.45) is 0 Å². The molecule has 0 atom stereocenters. The number of carbonyl (C=O) groups excluding carboxylic acids is 1. The third-order valence-corrected chi connectivity index (χ3v) is 5.11. The first-order chi connectivity index (χ1) is 11.6. The van der Waals surface area contributed by atoms with Crippen LogP contribution in [0.1, 0.15) is 21.6 Å². The first-order valence-corrected chi connectivity index (χ1v) is 9.57. The molecule has 0 radical (unpaired) electrons. The molecular weight excluding hydrogens is 338 g/mol. The number of nitrogens with zero attached hydrogens (tertiary/aromatic N) is 1. The number of rotatable bonds is 6. The Bertz CT molecular complexity index is 792. The molecule has 24 heavy (non-hydrogen) atoms. The Hall–Kier alpha value is -2.02. The third kappa shape index (κ3) is 4.29. The summed E-state index contributed by atoms with van der Waals surface area (Å²) in [4.78, 5) is 18.1. The summed E-state index contributed by atoms with van der Waals surface area (Å²) in [7, 11) is 4.26. The van der Waals surface area contributed by atoms with Crippen LogP contribution in [0.5, 0.6) is 0 Å². The van der Waals surface area contributed by atoms with Crippen molar-refractivity contribution in [1.29, 1.82) is 0 Å². The summed E-state index contributed by atoms with van der Waals surface area (Å²) in [5.74, 6) is -0.130. The lowest BCUT2D eigenvalue weighted by atomic mass is 10.1. The lowest BCUT2D eigenvalue weighted by Gasteiger charge is -2.08. The molecule has 1 amide bonds. The van der Waals surface area contributed by atoms with Gasteiger partial charge in [-0.1, -0.05) is 24.3 Å². The molecule has 0 aliphatic carbocycles. The third-order valence-electron chi connectivity index (χ3n) is 3.54. The van der Waals surface area contributed by atoms with Gasteiger partial charge < -0.3 is 10.2 Å². The fourth-order valence-electron chi connectivity index (χ4n) is 2.35. The monoisotopic (exact) mass is 358 g/mol. The van der Waals surface area contributed by atoms with E-state index in [9.17, 15) is 4.79 Å². The number of thiazole rings is 1. The van der Waals surface area contributed by atoms with E-state index < -0.39 is 0 Å². The molecule has 2 heterocycles. The number of aromatic nitrogens is 1. The quantitative estimate of drug-likeness (QED) is 0.711. The maximum absolute atomic E-state index is 12.2. The maximum atomic E-state index is 12.2. The zero-order valence-electron chi connectivity index (χ0n) is 13.7. The minimum absolute atomic E-state index is 0.130. The average Bonchev–Trinajstić information content (AvgIpc) is 3.24. The smallest absolute Gasteiger partial charge is 0.271 e. The molecule has 0 bridgehead atoms. The second-order valence-electron chi connectivity index (χ2n) is 5.93.